The summed E-state index contributed by atoms with van der Waals surface area (Å²) >= 11 is 0. The van der Waals surface area contributed by atoms with E-state index < -0.39 is 0 Å². The van der Waals surface area contributed by atoms with Gasteiger partial charge in [-0.1, -0.05) is 34.9 Å². The number of piperidine rings is 1. The van der Waals surface area contributed by atoms with E-state index in [4.69, 9.17) is 4.99 Å². The number of allylic oxidation sites excluding steroid dienone is 1. The zero-order chi connectivity index (χ0) is 18.4. The molecule has 2 heteroatoms. The molecule has 2 nitrogen and oxygen atoms in total. The van der Waals surface area contributed by atoms with E-state index in [1.54, 1.807) is 5.57 Å². The van der Waals surface area contributed by atoms with Crippen molar-refractivity contribution in [3.63, 3.8) is 0 Å². The number of aryl methyl sites for hydroxylation is 2. The Bertz CT molecular complexity index is 627. The highest BCUT2D eigenvalue weighted by Gasteiger charge is 2.24. The fraction of sp³-hybridized carbons (Fsp3) is 0.609. The van der Waals surface area contributed by atoms with E-state index in [0.717, 1.165) is 6.54 Å². The quantitative estimate of drug-likeness (QED) is 0.488. The Morgan fingerprint density at radius 2 is 1.80 bits per heavy atom. The molecule has 0 aliphatic carbocycles. The van der Waals surface area contributed by atoms with Gasteiger partial charge in [0, 0.05) is 24.7 Å². The van der Waals surface area contributed by atoms with Crippen LogP contribution in [-0.2, 0) is 0 Å². The Hall–Kier alpha value is -1.41. The minimum atomic E-state index is 0.613. The largest absolute Gasteiger partial charge is 0.303 e. The number of hydrogen-bond donors (Lipinski definition) is 0. The van der Waals surface area contributed by atoms with Crippen molar-refractivity contribution in [3.8, 4) is 0 Å². The van der Waals surface area contributed by atoms with Gasteiger partial charge in [-0.15, -0.1) is 0 Å². The first-order valence-corrected chi connectivity index (χ1v) is 9.89. The normalized spacial score (nSPS) is 17.0. The molecule has 0 unspecified atom stereocenters. The minimum Gasteiger partial charge on any atom is -0.303 e. The molecule has 138 valence electrons. The molecule has 0 radical (unpaired) electrons. The summed E-state index contributed by atoms with van der Waals surface area (Å²) in [4.78, 5) is 7.56. The van der Waals surface area contributed by atoms with Gasteiger partial charge in [0.2, 0.25) is 0 Å². The molecule has 0 aromatic heterocycles. The van der Waals surface area contributed by atoms with Gasteiger partial charge in [-0.05, 0) is 85.0 Å². The highest BCUT2D eigenvalue weighted by molar-refractivity contribution is 6.03. The van der Waals surface area contributed by atoms with Gasteiger partial charge in [-0.2, -0.15) is 0 Å². The Kier molecular flexibility index (Phi) is 7.43. The van der Waals surface area contributed by atoms with Crippen molar-refractivity contribution in [1.29, 1.82) is 0 Å². The number of benzene rings is 1. The SMILES string of the molecule is CC/N=C(\c1ccc(C)cc1C)C1CCN(CCC(C)=C(C)C)CC1. The standard InChI is InChI=1S/C23H36N2/c1-7-24-23(22-9-8-18(4)16-20(22)6)21-11-14-25(15-12-21)13-10-19(5)17(2)3/h8-9,16,21H,7,10-15H2,1-6H3/b24-23-. The van der Waals surface area contributed by atoms with Crippen molar-refractivity contribution in [2.24, 2.45) is 10.9 Å². The average molecular weight is 341 g/mol. The van der Waals surface area contributed by atoms with Crippen LogP contribution in [0, 0.1) is 19.8 Å². The van der Waals surface area contributed by atoms with Crippen LogP contribution in [0.25, 0.3) is 0 Å². The van der Waals surface area contributed by atoms with Crippen LogP contribution in [0.3, 0.4) is 0 Å². The van der Waals surface area contributed by atoms with Crippen molar-refractivity contribution in [2.75, 3.05) is 26.2 Å². The molecule has 0 saturated carbocycles. The second-order valence-corrected chi connectivity index (χ2v) is 7.82. The maximum Gasteiger partial charge on any atom is 0.0454 e. The first-order valence-electron chi connectivity index (χ1n) is 9.89. The Morgan fingerprint density at radius 3 is 2.36 bits per heavy atom. The lowest BCUT2D eigenvalue weighted by Gasteiger charge is -2.33. The molecule has 1 aliphatic heterocycles. The van der Waals surface area contributed by atoms with E-state index in [9.17, 15) is 0 Å². The van der Waals surface area contributed by atoms with Gasteiger partial charge in [0.25, 0.3) is 0 Å². The van der Waals surface area contributed by atoms with Crippen LogP contribution >= 0.6 is 0 Å². The topological polar surface area (TPSA) is 15.6 Å². The Labute approximate surface area is 155 Å². The second-order valence-electron chi connectivity index (χ2n) is 7.82. The smallest absolute Gasteiger partial charge is 0.0454 e. The van der Waals surface area contributed by atoms with Crippen molar-refractivity contribution in [3.05, 3.63) is 46.0 Å². The van der Waals surface area contributed by atoms with Gasteiger partial charge in [0.05, 0.1) is 0 Å². The lowest BCUT2D eigenvalue weighted by Crippen LogP contribution is -2.37. The summed E-state index contributed by atoms with van der Waals surface area (Å²) in [6.45, 7) is 17.7. The van der Waals surface area contributed by atoms with Gasteiger partial charge in [0.15, 0.2) is 0 Å². The summed E-state index contributed by atoms with van der Waals surface area (Å²) < 4.78 is 0. The van der Waals surface area contributed by atoms with Crippen molar-refractivity contribution < 1.29 is 0 Å². The Balaban J connectivity index is 2.01. The molecule has 1 aromatic rings. The molecule has 0 spiro atoms. The summed E-state index contributed by atoms with van der Waals surface area (Å²) in [7, 11) is 0. The fourth-order valence-electron chi connectivity index (χ4n) is 3.71. The number of likely N-dealkylation sites (tertiary alicyclic amines) is 1. The van der Waals surface area contributed by atoms with Crippen LogP contribution in [0.2, 0.25) is 0 Å². The molecule has 0 bridgehead atoms. The van der Waals surface area contributed by atoms with E-state index >= 15 is 0 Å². The summed E-state index contributed by atoms with van der Waals surface area (Å²) in [5.74, 6) is 0.613. The van der Waals surface area contributed by atoms with Crippen LogP contribution < -0.4 is 0 Å². The fourth-order valence-corrected chi connectivity index (χ4v) is 3.71. The predicted molar refractivity (Wildman–Crippen MR) is 111 cm³/mol. The van der Waals surface area contributed by atoms with Crippen molar-refractivity contribution in [2.45, 2.75) is 60.8 Å². The monoisotopic (exact) mass is 340 g/mol. The first kappa shape index (κ1) is 19.9. The maximum absolute atomic E-state index is 4.92. The number of nitrogens with zero attached hydrogens (tertiary/aromatic N) is 2. The molecule has 2 rings (SSSR count). The lowest BCUT2D eigenvalue weighted by atomic mass is 9.86. The van der Waals surface area contributed by atoms with Gasteiger partial charge in [-0.3, -0.25) is 4.99 Å². The van der Waals surface area contributed by atoms with Crippen molar-refractivity contribution >= 4 is 5.71 Å². The molecule has 1 aromatic carbocycles. The molecule has 1 saturated heterocycles. The maximum atomic E-state index is 4.92. The molecule has 0 atom stereocenters. The number of rotatable bonds is 6. The molecular formula is C23H36N2. The van der Waals surface area contributed by atoms with Gasteiger partial charge in [0.1, 0.15) is 0 Å². The molecule has 1 heterocycles. The minimum absolute atomic E-state index is 0.613. The third-order valence-corrected chi connectivity index (χ3v) is 5.62. The third-order valence-electron chi connectivity index (χ3n) is 5.62. The number of hydrogen-bond acceptors (Lipinski definition) is 2. The zero-order valence-corrected chi connectivity index (χ0v) is 17.2. The summed E-state index contributed by atoms with van der Waals surface area (Å²) in [6, 6.07) is 6.80. The average Bonchev–Trinajstić information content (AvgIpc) is 2.58. The first-order chi connectivity index (χ1) is 11.9. The van der Waals surface area contributed by atoms with Crippen LogP contribution in [0.4, 0.5) is 0 Å². The van der Waals surface area contributed by atoms with E-state index in [0.29, 0.717) is 5.92 Å². The summed E-state index contributed by atoms with van der Waals surface area (Å²) in [5.41, 5.74) is 8.44. The van der Waals surface area contributed by atoms with Crippen LogP contribution in [0.15, 0.2) is 34.3 Å². The third kappa shape index (κ3) is 5.54. The molecule has 25 heavy (non-hydrogen) atoms. The highest BCUT2D eigenvalue weighted by Crippen LogP contribution is 2.25. The second kappa shape index (κ2) is 9.33. The molecule has 1 aliphatic rings. The van der Waals surface area contributed by atoms with E-state index in [-0.39, 0.29) is 0 Å². The predicted octanol–water partition coefficient (Wildman–Crippen LogP) is 5.57. The lowest BCUT2D eigenvalue weighted by molar-refractivity contribution is 0.211. The van der Waals surface area contributed by atoms with Gasteiger partial charge in [-0.25, -0.2) is 0 Å². The summed E-state index contributed by atoms with van der Waals surface area (Å²) in [6.07, 6.45) is 3.68. The summed E-state index contributed by atoms with van der Waals surface area (Å²) in [5, 5.41) is 0. The van der Waals surface area contributed by atoms with Crippen LogP contribution in [0.1, 0.15) is 63.6 Å². The van der Waals surface area contributed by atoms with E-state index in [1.807, 2.05) is 0 Å². The van der Waals surface area contributed by atoms with Crippen LogP contribution in [0.5, 0.6) is 0 Å². The Morgan fingerprint density at radius 1 is 1.12 bits per heavy atom. The van der Waals surface area contributed by atoms with Crippen molar-refractivity contribution in [1.82, 2.24) is 4.90 Å². The van der Waals surface area contributed by atoms with Crippen LogP contribution in [-0.4, -0.2) is 36.8 Å². The molecular weight excluding hydrogens is 304 g/mol. The van der Waals surface area contributed by atoms with Gasteiger partial charge < -0.3 is 4.90 Å². The molecule has 0 N–H and O–H groups in total. The molecule has 0 amide bonds. The zero-order valence-electron chi connectivity index (χ0n) is 17.2. The van der Waals surface area contributed by atoms with E-state index in [1.165, 1.54) is 66.9 Å². The molecule has 1 fully saturated rings. The van der Waals surface area contributed by atoms with Gasteiger partial charge >= 0.3 is 0 Å². The highest BCUT2D eigenvalue weighted by atomic mass is 15.1. The number of aliphatic imine (C=N–C) groups is 1. The van der Waals surface area contributed by atoms with E-state index in [2.05, 4.69) is 64.6 Å².